The number of ketones is 1. The van der Waals surface area contributed by atoms with Crippen LogP contribution in [0.2, 0.25) is 0 Å². The van der Waals surface area contributed by atoms with Gasteiger partial charge in [0.15, 0.2) is 29.6 Å². The summed E-state index contributed by atoms with van der Waals surface area (Å²) in [5, 5.41) is 0. The fraction of sp³-hybridized carbons (Fsp3) is 0.250. The van der Waals surface area contributed by atoms with Crippen LogP contribution in [0.25, 0.3) is 5.69 Å². The summed E-state index contributed by atoms with van der Waals surface area (Å²) >= 11 is 0. The van der Waals surface area contributed by atoms with E-state index in [2.05, 4.69) is 0 Å². The van der Waals surface area contributed by atoms with Gasteiger partial charge in [0.1, 0.15) is 5.56 Å². The highest BCUT2D eigenvalue weighted by Gasteiger charge is 2.22. The van der Waals surface area contributed by atoms with Crippen LogP contribution in [0.5, 0.6) is 23.0 Å². The van der Waals surface area contributed by atoms with Crippen LogP contribution < -0.4 is 18.9 Å². The predicted octanol–water partition coefficient (Wildman–Crippen LogP) is 3.88. The lowest BCUT2D eigenvalue weighted by Gasteiger charge is -2.12. The third-order valence-corrected chi connectivity index (χ3v) is 5.30. The lowest BCUT2D eigenvalue weighted by molar-refractivity contribution is 0.0471. The van der Waals surface area contributed by atoms with Crippen molar-refractivity contribution in [1.82, 2.24) is 4.57 Å². The number of nitrogens with zero attached hydrogens (tertiary/aromatic N) is 1. The Morgan fingerprint density at radius 2 is 1.75 bits per heavy atom. The van der Waals surface area contributed by atoms with E-state index >= 15 is 0 Å². The van der Waals surface area contributed by atoms with E-state index in [-0.39, 0.29) is 23.9 Å². The van der Waals surface area contributed by atoms with E-state index in [0.29, 0.717) is 22.8 Å². The number of fused-ring (bicyclic) bond motifs is 1. The van der Waals surface area contributed by atoms with E-state index in [0.717, 1.165) is 17.1 Å². The number of rotatable bonds is 7. The molecule has 8 nitrogen and oxygen atoms in total. The van der Waals surface area contributed by atoms with Gasteiger partial charge in [0.2, 0.25) is 12.6 Å². The molecule has 0 saturated carbocycles. The number of hydrogen-bond donors (Lipinski definition) is 0. The van der Waals surface area contributed by atoms with E-state index in [9.17, 15) is 9.59 Å². The minimum atomic E-state index is -0.668. The van der Waals surface area contributed by atoms with Crippen LogP contribution >= 0.6 is 0 Å². The van der Waals surface area contributed by atoms with Crippen molar-refractivity contribution in [3.8, 4) is 28.7 Å². The maximum Gasteiger partial charge on any atom is 0.342 e. The lowest BCUT2D eigenvalue weighted by Crippen LogP contribution is -2.15. The molecule has 2 heterocycles. The van der Waals surface area contributed by atoms with Gasteiger partial charge in [-0.05, 0) is 44.2 Å². The molecule has 1 aliphatic rings. The van der Waals surface area contributed by atoms with Crippen molar-refractivity contribution in [2.45, 2.75) is 13.8 Å². The molecule has 1 aromatic heterocycles. The summed E-state index contributed by atoms with van der Waals surface area (Å²) in [6.07, 6.45) is 0. The maximum absolute atomic E-state index is 12.9. The van der Waals surface area contributed by atoms with Gasteiger partial charge in [0, 0.05) is 28.7 Å². The van der Waals surface area contributed by atoms with Gasteiger partial charge in [-0.1, -0.05) is 6.07 Å². The second-order valence-corrected chi connectivity index (χ2v) is 7.20. The van der Waals surface area contributed by atoms with Gasteiger partial charge in [-0.15, -0.1) is 0 Å². The molecule has 0 amide bonds. The van der Waals surface area contributed by atoms with Crippen molar-refractivity contribution >= 4 is 11.8 Å². The Morgan fingerprint density at radius 1 is 0.969 bits per heavy atom. The second kappa shape index (κ2) is 8.66. The molecule has 3 aromatic rings. The first-order valence-electron chi connectivity index (χ1n) is 9.95. The normalized spacial score (nSPS) is 11.9. The molecule has 0 fully saturated rings. The molecule has 8 heteroatoms. The molecule has 4 rings (SSSR count). The van der Waals surface area contributed by atoms with E-state index in [1.165, 1.54) is 14.2 Å². The third-order valence-electron chi connectivity index (χ3n) is 5.30. The number of aryl methyl sites for hydroxylation is 1. The maximum atomic E-state index is 12.9. The SMILES string of the molecule is COc1cccc(C(=O)OCC(=O)c2cc(C)n(-c3ccc4c(c3)OCO4)c2C)c1OC. The Hall–Kier alpha value is -3.94. The Balaban J connectivity index is 1.53. The molecule has 166 valence electrons. The molecule has 0 unspecified atom stereocenters. The van der Waals surface area contributed by atoms with Gasteiger partial charge in [-0.25, -0.2) is 4.79 Å². The summed E-state index contributed by atoms with van der Waals surface area (Å²) in [6, 6.07) is 12.3. The van der Waals surface area contributed by atoms with Crippen molar-refractivity contribution in [1.29, 1.82) is 0 Å². The predicted molar refractivity (Wildman–Crippen MR) is 116 cm³/mol. The molecular weight excluding hydrogens is 414 g/mol. The van der Waals surface area contributed by atoms with Crippen LogP contribution in [0.15, 0.2) is 42.5 Å². The number of ether oxygens (including phenoxy) is 5. The molecule has 0 saturated heterocycles. The number of aromatic nitrogens is 1. The molecule has 0 N–H and O–H groups in total. The molecule has 2 aromatic carbocycles. The monoisotopic (exact) mass is 437 g/mol. The lowest BCUT2D eigenvalue weighted by atomic mass is 10.1. The van der Waals surface area contributed by atoms with Crippen LogP contribution in [-0.4, -0.2) is 43.9 Å². The molecule has 1 aliphatic heterocycles. The first-order chi connectivity index (χ1) is 15.4. The van der Waals surface area contributed by atoms with Crippen LogP contribution in [0.4, 0.5) is 0 Å². The van der Waals surface area contributed by atoms with E-state index < -0.39 is 12.6 Å². The van der Waals surface area contributed by atoms with Crippen LogP contribution in [0.3, 0.4) is 0 Å². The summed E-state index contributed by atoms with van der Waals surface area (Å²) in [4.78, 5) is 25.4. The zero-order chi connectivity index (χ0) is 22.8. The Morgan fingerprint density at radius 3 is 2.50 bits per heavy atom. The van der Waals surface area contributed by atoms with Crippen molar-refractivity contribution < 1.29 is 33.3 Å². The summed E-state index contributed by atoms with van der Waals surface area (Å²) in [7, 11) is 2.91. The Kier molecular flexibility index (Phi) is 5.77. The topological polar surface area (TPSA) is 85.2 Å². The smallest absolute Gasteiger partial charge is 0.342 e. The highest BCUT2D eigenvalue weighted by atomic mass is 16.7. The van der Waals surface area contributed by atoms with E-state index in [1.54, 1.807) is 24.3 Å². The Labute approximate surface area is 185 Å². The number of hydrogen-bond acceptors (Lipinski definition) is 7. The molecular formula is C24H23NO7. The van der Waals surface area contributed by atoms with Gasteiger partial charge in [-0.3, -0.25) is 4.79 Å². The molecule has 0 bridgehead atoms. The molecule has 0 atom stereocenters. The zero-order valence-corrected chi connectivity index (χ0v) is 18.3. The van der Waals surface area contributed by atoms with Crippen molar-refractivity contribution in [2.24, 2.45) is 0 Å². The third kappa shape index (κ3) is 3.75. The fourth-order valence-electron chi connectivity index (χ4n) is 3.80. The van der Waals surface area contributed by atoms with Crippen LogP contribution in [-0.2, 0) is 4.74 Å². The van der Waals surface area contributed by atoms with Crippen molar-refractivity contribution in [2.75, 3.05) is 27.6 Å². The van der Waals surface area contributed by atoms with E-state index in [1.807, 2.05) is 36.6 Å². The summed E-state index contributed by atoms with van der Waals surface area (Å²) in [5.41, 5.74) is 3.12. The number of Topliss-reactive ketones (excluding diaryl/α,β-unsaturated/α-hetero) is 1. The van der Waals surface area contributed by atoms with Crippen molar-refractivity contribution in [3.63, 3.8) is 0 Å². The zero-order valence-electron chi connectivity index (χ0n) is 18.3. The highest BCUT2D eigenvalue weighted by molar-refractivity contribution is 6.01. The number of benzene rings is 2. The second-order valence-electron chi connectivity index (χ2n) is 7.20. The number of methoxy groups -OCH3 is 2. The number of esters is 1. The molecule has 32 heavy (non-hydrogen) atoms. The average molecular weight is 437 g/mol. The largest absolute Gasteiger partial charge is 0.493 e. The first-order valence-corrected chi connectivity index (χ1v) is 9.95. The molecule has 0 spiro atoms. The fourth-order valence-corrected chi connectivity index (χ4v) is 3.80. The van der Waals surface area contributed by atoms with Gasteiger partial charge in [-0.2, -0.15) is 0 Å². The first kappa shape index (κ1) is 21.3. The van der Waals surface area contributed by atoms with Gasteiger partial charge in [0.05, 0.1) is 14.2 Å². The number of carbonyl (C=O) groups is 2. The molecule has 0 radical (unpaired) electrons. The summed E-state index contributed by atoms with van der Waals surface area (Å²) < 4.78 is 28.5. The summed E-state index contributed by atoms with van der Waals surface area (Å²) in [5.74, 6) is 1.03. The molecule has 0 aliphatic carbocycles. The van der Waals surface area contributed by atoms with Gasteiger partial charge < -0.3 is 28.3 Å². The number of carbonyl (C=O) groups excluding carboxylic acids is 2. The minimum absolute atomic E-state index is 0.186. The summed E-state index contributed by atoms with van der Waals surface area (Å²) in [6.45, 7) is 3.54. The quantitative estimate of drug-likeness (QED) is 0.410. The van der Waals surface area contributed by atoms with Crippen molar-refractivity contribution in [3.05, 3.63) is 65.0 Å². The highest BCUT2D eigenvalue weighted by Crippen LogP contribution is 2.35. The Bertz CT molecular complexity index is 1200. The van der Waals surface area contributed by atoms with Gasteiger partial charge in [0.25, 0.3) is 0 Å². The van der Waals surface area contributed by atoms with Gasteiger partial charge >= 0.3 is 5.97 Å². The van der Waals surface area contributed by atoms with Crippen LogP contribution in [0.1, 0.15) is 32.1 Å². The van der Waals surface area contributed by atoms with Crippen LogP contribution in [0, 0.1) is 13.8 Å². The van der Waals surface area contributed by atoms with E-state index in [4.69, 9.17) is 23.7 Å². The number of para-hydroxylation sites is 1. The average Bonchev–Trinajstić information content (AvgIpc) is 3.39. The minimum Gasteiger partial charge on any atom is -0.493 e. The standard InChI is InChI=1S/C24H23NO7/c1-14-10-18(15(2)25(14)16-8-9-20-22(11-16)32-13-31-20)19(26)12-30-24(27)17-6-5-7-21(28-3)23(17)29-4/h5-11H,12-13H2,1-4H3.